The van der Waals surface area contributed by atoms with Crippen molar-refractivity contribution in [2.75, 3.05) is 25.0 Å². The van der Waals surface area contributed by atoms with Crippen molar-refractivity contribution in [2.45, 2.75) is 90.9 Å². The van der Waals surface area contributed by atoms with Gasteiger partial charge < -0.3 is 15.2 Å². The quantitative estimate of drug-likeness (QED) is 0.287. The lowest BCUT2D eigenvalue weighted by molar-refractivity contribution is -0.116. The molecule has 1 fully saturated rings. The molecule has 31 heavy (non-hydrogen) atoms. The van der Waals surface area contributed by atoms with E-state index in [2.05, 4.69) is 47.4 Å². The van der Waals surface area contributed by atoms with Crippen LogP contribution >= 0.6 is 0 Å². The first-order valence-electron chi connectivity index (χ1n) is 12.8. The molecular formula is C27H43N3O. The predicted molar refractivity (Wildman–Crippen MR) is 133 cm³/mol. The highest BCUT2D eigenvalue weighted by molar-refractivity contribution is 5.94. The molecule has 0 radical (unpaired) electrons. The number of carbonyl (C=O) groups excluding carboxylic acids is 1. The van der Waals surface area contributed by atoms with Crippen LogP contribution in [0.5, 0.6) is 0 Å². The molecule has 172 valence electrons. The zero-order chi connectivity index (χ0) is 21.9. The molecule has 1 amide bonds. The molecular weight excluding hydrogens is 382 g/mol. The second-order valence-corrected chi connectivity index (χ2v) is 9.49. The average Bonchev–Trinajstić information content (AvgIpc) is 3.49. The first kappa shape index (κ1) is 23.8. The number of fused-ring (bicyclic) bond motifs is 1. The lowest BCUT2D eigenvalue weighted by atomic mass is 10.1. The third-order valence-corrected chi connectivity index (χ3v) is 6.51. The van der Waals surface area contributed by atoms with Crippen LogP contribution in [-0.4, -0.2) is 35.4 Å². The van der Waals surface area contributed by atoms with Gasteiger partial charge in [-0.25, -0.2) is 0 Å². The number of hydrogen-bond donors (Lipinski definition) is 2. The van der Waals surface area contributed by atoms with E-state index in [-0.39, 0.29) is 5.91 Å². The molecule has 0 bridgehead atoms. The van der Waals surface area contributed by atoms with Crippen molar-refractivity contribution in [3.8, 4) is 0 Å². The molecule has 4 heteroatoms. The van der Waals surface area contributed by atoms with Crippen molar-refractivity contribution < 1.29 is 4.79 Å². The van der Waals surface area contributed by atoms with Gasteiger partial charge in [-0.3, -0.25) is 4.79 Å². The number of unbranched alkanes of at least 4 members (excludes halogenated alkanes) is 6. The van der Waals surface area contributed by atoms with E-state index in [9.17, 15) is 4.79 Å². The topological polar surface area (TPSA) is 48.1 Å². The Morgan fingerprint density at radius 1 is 1.03 bits per heavy atom. The fourth-order valence-corrected chi connectivity index (χ4v) is 4.48. The average molecular weight is 426 g/mol. The maximum atomic E-state index is 12.4. The Morgan fingerprint density at radius 2 is 1.81 bits per heavy atom. The lowest BCUT2D eigenvalue weighted by Gasteiger charge is -2.21. The summed E-state index contributed by atoms with van der Waals surface area (Å²) in [5.41, 5.74) is 3.43. The lowest BCUT2D eigenvalue weighted by Crippen LogP contribution is -2.29. The first-order valence-corrected chi connectivity index (χ1v) is 12.8. The van der Waals surface area contributed by atoms with E-state index in [1.807, 2.05) is 6.07 Å². The number of rotatable bonds is 16. The molecule has 1 heterocycles. The molecule has 0 atom stereocenters. The van der Waals surface area contributed by atoms with Crippen LogP contribution in [0.4, 0.5) is 5.69 Å². The highest BCUT2D eigenvalue weighted by atomic mass is 16.1. The second-order valence-electron chi connectivity index (χ2n) is 9.49. The summed E-state index contributed by atoms with van der Waals surface area (Å²) in [6.45, 7) is 8.09. The van der Waals surface area contributed by atoms with Gasteiger partial charge in [-0.2, -0.15) is 0 Å². The van der Waals surface area contributed by atoms with Crippen molar-refractivity contribution in [3.63, 3.8) is 0 Å². The number of benzene rings is 1. The Kier molecular flexibility index (Phi) is 9.92. The van der Waals surface area contributed by atoms with Gasteiger partial charge >= 0.3 is 0 Å². The minimum Gasteiger partial charge on any atom is -0.361 e. The number of H-pyrrole nitrogens is 1. The van der Waals surface area contributed by atoms with Gasteiger partial charge in [0, 0.05) is 42.3 Å². The fourth-order valence-electron chi connectivity index (χ4n) is 4.48. The SMILES string of the molecule is CCCCCCCCCC(=O)Nc1ccc2[nH]cc(CCN(CCC)CC3CC3)c2c1. The minimum absolute atomic E-state index is 0.142. The van der Waals surface area contributed by atoms with Gasteiger partial charge in [-0.1, -0.05) is 52.4 Å². The molecule has 0 aliphatic heterocycles. The van der Waals surface area contributed by atoms with Crippen LogP contribution in [0.3, 0.4) is 0 Å². The van der Waals surface area contributed by atoms with E-state index < -0.39 is 0 Å². The van der Waals surface area contributed by atoms with Crippen molar-refractivity contribution in [2.24, 2.45) is 5.92 Å². The summed E-state index contributed by atoms with van der Waals surface area (Å²) in [4.78, 5) is 18.4. The van der Waals surface area contributed by atoms with E-state index in [1.165, 1.54) is 75.4 Å². The molecule has 1 saturated carbocycles. The Hall–Kier alpha value is -1.81. The van der Waals surface area contributed by atoms with Crippen LogP contribution in [0, 0.1) is 5.92 Å². The Balaban J connectivity index is 1.46. The molecule has 1 aliphatic rings. The molecule has 0 unspecified atom stereocenters. The number of nitrogens with zero attached hydrogens (tertiary/aromatic N) is 1. The van der Waals surface area contributed by atoms with Crippen molar-refractivity contribution in [3.05, 3.63) is 30.0 Å². The van der Waals surface area contributed by atoms with Gasteiger partial charge in [0.1, 0.15) is 0 Å². The van der Waals surface area contributed by atoms with Crippen LogP contribution in [0.15, 0.2) is 24.4 Å². The van der Waals surface area contributed by atoms with Gasteiger partial charge in [0.05, 0.1) is 0 Å². The zero-order valence-corrected chi connectivity index (χ0v) is 19.8. The maximum Gasteiger partial charge on any atom is 0.224 e. The smallest absolute Gasteiger partial charge is 0.224 e. The van der Waals surface area contributed by atoms with Crippen molar-refractivity contribution >= 4 is 22.5 Å². The van der Waals surface area contributed by atoms with Gasteiger partial charge in [-0.15, -0.1) is 0 Å². The highest BCUT2D eigenvalue weighted by Crippen LogP contribution is 2.30. The Labute approximate surface area is 189 Å². The number of carbonyl (C=O) groups is 1. The van der Waals surface area contributed by atoms with Crippen LogP contribution in [-0.2, 0) is 11.2 Å². The second kappa shape index (κ2) is 12.9. The summed E-state index contributed by atoms with van der Waals surface area (Å²) < 4.78 is 0. The summed E-state index contributed by atoms with van der Waals surface area (Å²) in [5, 5.41) is 4.37. The van der Waals surface area contributed by atoms with Gasteiger partial charge in [0.25, 0.3) is 0 Å². The largest absolute Gasteiger partial charge is 0.361 e. The Bertz CT molecular complexity index is 793. The molecule has 1 aromatic heterocycles. The zero-order valence-electron chi connectivity index (χ0n) is 19.8. The molecule has 1 aromatic carbocycles. The van der Waals surface area contributed by atoms with Crippen LogP contribution < -0.4 is 5.32 Å². The summed E-state index contributed by atoms with van der Waals surface area (Å²) in [5.74, 6) is 1.08. The van der Waals surface area contributed by atoms with E-state index in [1.54, 1.807) is 0 Å². The molecule has 0 saturated heterocycles. The molecule has 2 N–H and O–H groups in total. The molecule has 3 rings (SSSR count). The van der Waals surface area contributed by atoms with Crippen molar-refractivity contribution in [1.82, 2.24) is 9.88 Å². The number of amides is 1. The fraction of sp³-hybridized carbons (Fsp3) is 0.667. The van der Waals surface area contributed by atoms with E-state index >= 15 is 0 Å². The summed E-state index contributed by atoms with van der Waals surface area (Å²) in [7, 11) is 0. The molecule has 2 aromatic rings. The highest BCUT2D eigenvalue weighted by Gasteiger charge is 2.23. The van der Waals surface area contributed by atoms with Gasteiger partial charge in [0.2, 0.25) is 5.91 Å². The molecule has 4 nitrogen and oxygen atoms in total. The minimum atomic E-state index is 0.142. The summed E-state index contributed by atoms with van der Waals surface area (Å²) in [6, 6.07) is 6.26. The van der Waals surface area contributed by atoms with E-state index in [0.717, 1.165) is 42.9 Å². The standard InChI is InChI=1S/C27H43N3O/c1-3-5-6-7-8-9-10-11-27(31)29-24-14-15-26-25(19-24)23(20-28-26)16-18-30(17-4-2)21-22-12-13-22/h14-15,19-20,22,28H,3-13,16-18,21H2,1-2H3,(H,29,31). The number of anilines is 1. The van der Waals surface area contributed by atoms with Crippen molar-refractivity contribution in [1.29, 1.82) is 0 Å². The van der Waals surface area contributed by atoms with Crippen LogP contribution in [0.25, 0.3) is 10.9 Å². The van der Waals surface area contributed by atoms with E-state index in [4.69, 9.17) is 0 Å². The molecule has 0 spiro atoms. The summed E-state index contributed by atoms with van der Waals surface area (Å²) >= 11 is 0. The third-order valence-electron chi connectivity index (χ3n) is 6.51. The Morgan fingerprint density at radius 3 is 2.55 bits per heavy atom. The van der Waals surface area contributed by atoms with Gasteiger partial charge in [-0.05, 0) is 68.3 Å². The number of nitrogens with one attached hydrogen (secondary N) is 2. The number of hydrogen-bond acceptors (Lipinski definition) is 2. The third kappa shape index (κ3) is 8.33. The van der Waals surface area contributed by atoms with Crippen LogP contribution in [0.2, 0.25) is 0 Å². The van der Waals surface area contributed by atoms with E-state index in [0.29, 0.717) is 6.42 Å². The first-order chi connectivity index (χ1) is 15.2. The number of aromatic amines is 1. The summed E-state index contributed by atoms with van der Waals surface area (Å²) in [6.07, 6.45) is 16.5. The van der Waals surface area contributed by atoms with Crippen LogP contribution in [0.1, 0.15) is 90.0 Å². The van der Waals surface area contributed by atoms with Gasteiger partial charge in [0.15, 0.2) is 0 Å². The molecule has 1 aliphatic carbocycles. The predicted octanol–water partition coefficient (Wildman–Crippen LogP) is 6.91. The maximum absolute atomic E-state index is 12.4. The normalized spacial score (nSPS) is 13.9. The number of aromatic nitrogens is 1. The monoisotopic (exact) mass is 425 g/mol.